The van der Waals surface area contributed by atoms with Gasteiger partial charge in [0.05, 0.1) is 0 Å². The van der Waals surface area contributed by atoms with Crippen molar-refractivity contribution < 1.29 is 32.7 Å². The van der Waals surface area contributed by atoms with Crippen molar-refractivity contribution in [1.29, 1.82) is 0 Å². The Hall–Kier alpha value is 1.10. The summed E-state index contributed by atoms with van der Waals surface area (Å²) in [5, 5.41) is 0. The topological polar surface area (TPSA) is 0 Å². The van der Waals surface area contributed by atoms with Gasteiger partial charge in [-0.05, 0) is 0 Å². The van der Waals surface area contributed by atoms with E-state index in [1.165, 1.54) is 32.1 Å². The predicted octanol–water partition coefficient (Wildman–Crippen LogP) is 5.05. The van der Waals surface area contributed by atoms with Gasteiger partial charge in [-0.25, -0.2) is 0 Å². The molecular formula is C14H28Y-2. The fourth-order valence-electron chi connectivity index (χ4n) is 2.16. The van der Waals surface area contributed by atoms with Gasteiger partial charge in [-0.1, -0.05) is 52.4 Å². The molecule has 1 unspecified atom stereocenters. The van der Waals surface area contributed by atoms with Crippen molar-refractivity contribution in [3.8, 4) is 0 Å². The summed E-state index contributed by atoms with van der Waals surface area (Å²) in [5.41, 5.74) is 0. The van der Waals surface area contributed by atoms with Crippen LogP contribution in [-0.4, -0.2) is 0 Å². The second kappa shape index (κ2) is 11.6. The fraction of sp³-hybridized carbons (Fsp3) is 0.857. The molecule has 0 bridgehead atoms. The van der Waals surface area contributed by atoms with E-state index < -0.39 is 0 Å². The Morgan fingerprint density at radius 2 is 1.73 bits per heavy atom. The van der Waals surface area contributed by atoms with Crippen LogP contribution in [0.3, 0.4) is 0 Å². The Labute approximate surface area is 123 Å². The van der Waals surface area contributed by atoms with Crippen molar-refractivity contribution in [3.63, 3.8) is 0 Å². The van der Waals surface area contributed by atoms with Crippen molar-refractivity contribution in [2.24, 2.45) is 11.8 Å². The van der Waals surface area contributed by atoms with E-state index in [0.717, 1.165) is 18.3 Å². The first kappa shape index (κ1) is 18.5. The molecule has 0 aromatic heterocycles. The first-order chi connectivity index (χ1) is 6.60. The van der Waals surface area contributed by atoms with Gasteiger partial charge in [0, 0.05) is 32.7 Å². The van der Waals surface area contributed by atoms with E-state index in [1.54, 1.807) is 5.92 Å². The molecular weight excluding hydrogens is 257 g/mol. The summed E-state index contributed by atoms with van der Waals surface area (Å²) in [7, 11) is 0. The van der Waals surface area contributed by atoms with Crippen LogP contribution in [0.1, 0.15) is 66.2 Å². The maximum atomic E-state index is 3.93. The number of hydrogen-bond acceptors (Lipinski definition) is 0. The zero-order chi connectivity index (χ0) is 11.0. The third-order valence-electron chi connectivity index (χ3n) is 2.63. The van der Waals surface area contributed by atoms with E-state index in [9.17, 15) is 0 Å². The average Bonchev–Trinajstić information content (AvgIpc) is 2.03. The molecule has 0 amide bonds. The third kappa shape index (κ3) is 11.4. The van der Waals surface area contributed by atoms with Crippen molar-refractivity contribution in [1.82, 2.24) is 0 Å². The zero-order valence-corrected chi connectivity index (χ0v) is 14.0. The van der Waals surface area contributed by atoms with Crippen molar-refractivity contribution in [3.05, 3.63) is 12.8 Å². The van der Waals surface area contributed by atoms with Crippen LogP contribution in [0.25, 0.3) is 0 Å². The number of hydrogen-bond donors (Lipinski definition) is 0. The van der Waals surface area contributed by atoms with Gasteiger partial charge in [0.15, 0.2) is 0 Å². The summed E-state index contributed by atoms with van der Waals surface area (Å²) in [6, 6.07) is 0. The third-order valence-corrected chi connectivity index (χ3v) is 2.63. The molecule has 0 saturated carbocycles. The van der Waals surface area contributed by atoms with Gasteiger partial charge in [-0.2, -0.15) is 25.7 Å². The van der Waals surface area contributed by atoms with Crippen LogP contribution in [0.2, 0.25) is 0 Å². The van der Waals surface area contributed by atoms with Crippen LogP contribution in [0, 0.1) is 24.7 Å². The van der Waals surface area contributed by atoms with Crippen LogP contribution >= 0.6 is 0 Å². The molecule has 1 atom stereocenters. The van der Waals surface area contributed by atoms with E-state index in [-0.39, 0.29) is 32.7 Å². The van der Waals surface area contributed by atoms with E-state index in [2.05, 4.69) is 34.6 Å². The van der Waals surface area contributed by atoms with E-state index >= 15 is 0 Å². The smallest absolute Gasteiger partial charge is 0 e. The molecule has 0 heterocycles. The van der Waals surface area contributed by atoms with E-state index in [4.69, 9.17) is 0 Å². The first-order valence-electron chi connectivity index (χ1n) is 6.22. The molecule has 0 aliphatic carbocycles. The van der Waals surface area contributed by atoms with Crippen LogP contribution in [0.5, 0.6) is 0 Å². The van der Waals surface area contributed by atoms with Crippen LogP contribution < -0.4 is 0 Å². The molecule has 0 saturated heterocycles. The molecule has 89 valence electrons. The summed E-state index contributed by atoms with van der Waals surface area (Å²) in [5.74, 6) is 3.44. The SMILES string of the molecule is [CH2-]CCC(C)C[C-](CCC)CC(C)C.[Y]. The molecule has 0 nitrogen and oxygen atoms in total. The first-order valence-corrected chi connectivity index (χ1v) is 6.22. The minimum atomic E-state index is 0. The van der Waals surface area contributed by atoms with Gasteiger partial charge in [-0.3, -0.25) is 0 Å². The second-order valence-corrected chi connectivity index (χ2v) is 5.05. The van der Waals surface area contributed by atoms with Gasteiger partial charge < -0.3 is 12.8 Å². The Morgan fingerprint density at radius 1 is 1.13 bits per heavy atom. The van der Waals surface area contributed by atoms with Crippen molar-refractivity contribution in [2.75, 3.05) is 0 Å². The Balaban J connectivity index is 0. The van der Waals surface area contributed by atoms with Gasteiger partial charge in [0.1, 0.15) is 0 Å². The molecule has 0 rings (SSSR count). The largest absolute Gasteiger partial charge is 0.343 e. The summed E-state index contributed by atoms with van der Waals surface area (Å²) in [6.07, 6.45) is 7.67. The van der Waals surface area contributed by atoms with Gasteiger partial charge in [-0.15, -0.1) is 0 Å². The summed E-state index contributed by atoms with van der Waals surface area (Å²) < 4.78 is 0. The second-order valence-electron chi connectivity index (χ2n) is 5.05. The van der Waals surface area contributed by atoms with Crippen LogP contribution in [0.4, 0.5) is 0 Å². The molecule has 0 fully saturated rings. The average molecular weight is 285 g/mol. The summed E-state index contributed by atoms with van der Waals surface area (Å²) >= 11 is 0. The quantitative estimate of drug-likeness (QED) is 0.548. The zero-order valence-electron chi connectivity index (χ0n) is 11.2. The summed E-state index contributed by atoms with van der Waals surface area (Å²) in [4.78, 5) is 0. The monoisotopic (exact) mass is 285 g/mol. The standard InChI is InChI=1S/C14H28.Y/c1-6-8-13(5)11-14(9-7-2)10-12(3)4;/h12-13H,1,6-11H2,2-5H3;/q-2;. The minimum Gasteiger partial charge on any atom is -0.343 e. The summed E-state index contributed by atoms with van der Waals surface area (Å²) in [6.45, 7) is 13.2. The minimum absolute atomic E-state index is 0. The molecule has 0 N–H and O–H groups in total. The van der Waals surface area contributed by atoms with Crippen LogP contribution in [0.15, 0.2) is 0 Å². The maximum Gasteiger partial charge on any atom is 0 e. The van der Waals surface area contributed by atoms with Gasteiger partial charge in [0.25, 0.3) is 0 Å². The van der Waals surface area contributed by atoms with Crippen molar-refractivity contribution >= 4 is 0 Å². The van der Waals surface area contributed by atoms with Crippen molar-refractivity contribution in [2.45, 2.75) is 66.2 Å². The molecule has 1 heteroatoms. The van der Waals surface area contributed by atoms with E-state index in [0.29, 0.717) is 0 Å². The Morgan fingerprint density at radius 3 is 2.13 bits per heavy atom. The maximum absolute atomic E-state index is 3.93. The predicted molar refractivity (Wildman–Crippen MR) is 66.0 cm³/mol. The van der Waals surface area contributed by atoms with E-state index in [1.807, 2.05) is 0 Å². The Kier molecular flexibility index (Phi) is 14.3. The normalized spacial score (nSPS) is 13.0. The molecule has 0 aromatic rings. The molecule has 0 aromatic carbocycles. The number of rotatable bonds is 8. The van der Waals surface area contributed by atoms with Gasteiger partial charge >= 0.3 is 0 Å². The Bertz CT molecular complexity index is 121. The fourth-order valence-corrected chi connectivity index (χ4v) is 2.16. The van der Waals surface area contributed by atoms with Crippen LogP contribution in [-0.2, 0) is 32.7 Å². The molecule has 1 radical (unpaired) electrons. The molecule has 0 spiro atoms. The molecule has 0 aliphatic rings. The molecule has 0 aliphatic heterocycles. The molecule has 15 heavy (non-hydrogen) atoms. The van der Waals surface area contributed by atoms with Gasteiger partial charge in [0.2, 0.25) is 0 Å².